The molecule has 71 heavy (non-hydrogen) atoms. The predicted octanol–water partition coefficient (Wildman–Crippen LogP) is 17.1. The van der Waals surface area contributed by atoms with Crippen molar-refractivity contribution in [2.75, 3.05) is 9.80 Å². The van der Waals surface area contributed by atoms with Gasteiger partial charge in [0.25, 0.3) is 6.71 Å². The second-order valence-electron chi connectivity index (χ2n) is 26.7. The lowest BCUT2D eigenvalue weighted by atomic mass is 9.33. The van der Waals surface area contributed by atoms with Crippen LogP contribution in [0.5, 0.6) is 0 Å². The smallest absolute Gasteiger partial charge is 0.252 e. The molecule has 0 atom stereocenters. The van der Waals surface area contributed by atoms with Crippen molar-refractivity contribution in [3.63, 3.8) is 0 Å². The number of nitrogens with zero attached hydrogens (tertiary/aromatic N) is 2. The van der Waals surface area contributed by atoms with Gasteiger partial charge < -0.3 is 9.80 Å². The molecule has 0 radical (unpaired) electrons. The van der Waals surface area contributed by atoms with Gasteiger partial charge in [0.05, 0.1) is 5.69 Å². The fraction of sp³-hybridized carbons (Fsp3) is 0.373. The maximum Gasteiger partial charge on any atom is 0.252 e. The zero-order valence-electron chi connectivity index (χ0n) is 44.9. The number of thiophene rings is 1. The summed E-state index contributed by atoms with van der Waals surface area (Å²) in [7, 11) is 0. The van der Waals surface area contributed by atoms with Crippen molar-refractivity contribution in [2.24, 2.45) is 0 Å². The second-order valence-corrected chi connectivity index (χ2v) is 27.8. The fourth-order valence-corrected chi connectivity index (χ4v) is 16.1. The van der Waals surface area contributed by atoms with Crippen LogP contribution in [0.1, 0.15) is 160 Å². The second kappa shape index (κ2) is 14.6. The SMILES string of the molecule is Cc1cc2c(cc1N1c3cc4c(cc3B3c5ccc6sc7cc8c(cc7c6c5N(c5ccccc5C)c5cc(-c6ccccc6)cc1c53)C(C)(C)CCC8(C)C)C(C)(C)CC4(C)C)C(C)(C)CCC2(C)C. The third kappa shape index (κ3) is 6.38. The summed E-state index contributed by atoms with van der Waals surface area (Å²) in [6, 6.07) is 46.4. The molecule has 2 nitrogen and oxygen atoms in total. The molecule has 8 aromatic rings. The maximum atomic E-state index is 2.75. The van der Waals surface area contributed by atoms with Gasteiger partial charge in [0.15, 0.2) is 0 Å². The number of hydrogen-bond acceptors (Lipinski definition) is 3. The highest BCUT2D eigenvalue weighted by molar-refractivity contribution is 7.26. The standard InChI is InChI=1S/C67H71BN2S/c1-39-20-18-19-23-52(39)70-56-32-42(41-21-16-15-17-22-41)31-55-60(56)68(50-24-25-57-59(61(50)70)43-33-45-49(37-58(43)71-57)65(9,10)29-27-63(45,5)6)51-34-46-48(67(13,14)38-66(46,11)12)36-54(51)69(55)53-35-47-44(30-40(53)2)62(3,4)26-28-64(47,7)8/h15-25,30-37H,26-29,38H2,1-14H3. The van der Waals surface area contributed by atoms with Gasteiger partial charge in [0.2, 0.25) is 0 Å². The molecule has 3 heterocycles. The van der Waals surface area contributed by atoms with Crippen LogP contribution < -0.4 is 26.2 Å². The number of fused-ring (bicyclic) bond motifs is 11. The van der Waals surface area contributed by atoms with Crippen molar-refractivity contribution < 1.29 is 0 Å². The minimum absolute atomic E-state index is 0.0109. The van der Waals surface area contributed by atoms with Crippen LogP contribution in [0.3, 0.4) is 0 Å². The molecule has 3 aliphatic carbocycles. The lowest BCUT2D eigenvalue weighted by molar-refractivity contribution is 0.332. The number of rotatable bonds is 3. The zero-order valence-corrected chi connectivity index (χ0v) is 45.7. The number of anilines is 6. The van der Waals surface area contributed by atoms with Crippen LogP contribution in [0.15, 0.2) is 115 Å². The Morgan fingerprint density at radius 1 is 0.408 bits per heavy atom. The predicted molar refractivity (Wildman–Crippen MR) is 310 cm³/mol. The summed E-state index contributed by atoms with van der Waals surface area (Å²) >= 11 is 1.99. The maximum absolute atomic E-state index is 2.75. The molecule has 0 saturated heterocycles. The van der Waals surface area contributed by atoms with E-state index in [2.05, 4.69) is 222 Å². The van der Waals surface area contributed by atoms with Crippen molar-refractivity contribution >= 4 is 88.7 Å². The molecular weight excluding hydrogens is 876 g/mol. The van der Waals surface area contributed by atoms with E-state index in [-0.39, 0.29) is 39.2 Å². The Bertz CT molecular complexity index is 3620. The first-order valence-electron chi connectivity index (χ1n) is 26.8. The molecule has 0 spiro atoms. The van der Waals surface area contributed by atoms with Crippen LogP contribution in [0.2, 0.25) is 0 Å². The zero-order chi connectivity index (χ0) is 49.7. The lowest BCUT2D eigenvalue weighted by Gasteiger charge is -2.47. The molecule has 2 aliphatic heterocycles. The monoisotopic (exact) mass is 947 g/mol. The molecule has 0 fully saturated rings. The Kier molecular flexibility index (Phi) is 9.29. The number of hydrogen-bond donors (Lipinski definition) is 0. The Balaban J connectivity index is 1.21. The topological polar surface area (TPSA) is 6.48 Å². The number of benzene rings is 7. The van der Waals surface area contributed by atoms with Gasteiger partial charge in [-0.2, -0.15) is 0 Å². The van der Waals surface area contributed by atoms with Gasteiger partial charge >= 0.3 is 0 Å². The van der Waals surface area contributed by atoms with Crippen LogP contribution in [0.4, 0.5) is 34.1 Å². The third-order valence-electron chi connectivity index (χ3n) is 19.0. The summed E-state index contributed by atoms with van der Waals surface area (Å²) in [6.07, 6.45) is 5.90. The highest BCUT2D eigenvalue weighted by Gasteiger charge is 2.50. The first kappa shape index (κ1) is 45.3. The van der Waals surface area contributed by atoms with Crippen LogP contribution in [0.25, 0.3) is 31.3 Å². The van der Waals surface area contributed by atoms with Gasteiger partial charge in [-0.15, -0.1) is 11.3 Å². The number of aryl methyl sites for hydroxylation is 2. The highest BCUT2D eigenvalue weighted by atomic mass is 32.1. The average Bonchev–Trinajstić information content (AvgIpc) is 3.78. The number of para-hydroxylation sites is 1. The Morgan fingerprint density at radius 3 is 1.59 bits per heavy atom. The van der Waals surface area contributed by atoms with E-state index in [1.807, 2.05) is 11.3 Å². The Labute approximate surface area is 428 Å². The van der Waals surface area contributed by atoms with E-state index >= 15 is 0 Å². The summed E-state index contributed by atoms with van der Waals surface area (Å²) in [5.41, 5.74) is 26.7. The average molecular weight is 947 g/mol. The molecule has 0 unspecified atom stereocenters. The summed E-state index contributed by atoms with van der Waals surface area (Å²) in [4.78, 5) is 5.48. The molecule has 7 aromatic carbocycles. The molecular formula is C67H71BN2S. The van der Waals surface area contributed by atoms with Crippen LogP contribution >= 0.6 is 11.3 Å². The van der Waals surface area contributed by atoms with E-state index in [4.69, 9.17) is 0 Å². The van der Waals surface area contributed by atoms with Crippen molar-refractivity contribution in [1.82, 2.24) is 0 Å². The molecule has 0 saturated carbocycles. The molecule has 4 heteroatoms. The largest absolute Gasteiger partial charge is 0.311 e. The summed E-state index contributed by atoms with van der Waals surface area (Å²) < 4.78 is 2.76. The van der Waals surface area contributed by atoms with E-state index in [0.717, 1.165) is 6.42 Å². The van der Waals surface area contributed by atoms with Gasteiger partial charge in [-0.3, -0.25) is 0 Å². The first-order valence-corrected chi connectivity index (χ1v) is 27.6. The summed E-state index contributed by atoms with van der Waals surface area (Å²) in [5.74, 6) is 0. The molecule has 1 aromatic heterocycles. The molecule has 0 amide bonds. The van der Waals surface area contributed by atoms with E-state index in [1.54, 1.807) is 0 Å². The van der Waals surface area contributed by atoms with Gasteiger partial charge in [-0.25, -0.2) is 0 Å². The Hall–Kier alpha value is -5.58. The minimum atomic E-state index is 0.0109. The first-order chi connectivity index (χ1) is 33.5. The van der Waals surface area contributed by atoms with Gasteiger partial charge in [-0.05, 0) is 199 Å². The van der Waals surface area contributed by atoms with Crippen molar-refractivity contribution in [3.05, 3.63) is 160 Å². The highest BCUT2D eigenvalue weighted by Crippen LogP contribution is 2.57. The van der Waals surface area contributed by atoms with E-state index in [0.29, 0.717) is 0 Å². The van der Waals surface area contributed by atoms with Gasteiger partial charge in [0.1, 0.15) is 0 Å². The van der Waals surface area contributed by atoms with Crippen molar-refractivity contribution in [1.29, 1.82) is 0 Å². The third-order valence-corrected chi connectivity index (χ3v) is 20.1. The van der Waals surface area contributed by atoms with E-state index < -0.39 is 0 Å². The van der Waals surface area contributed by atoms with Gasteiger partial charge in [0, 0.05) is 48.6 Å². The van der Waals surface area contributed by atoms with E-state index in [1.165, 1.54) is 152 Å². The Morgan fingerprint density at radius 2 is 0.944 bits per heavy atom. The van der Waals surface area contributed by atoms with Crippen LogP contribution in [-0.4, -0.2) is 6.71 Å². The quantitative estimate of drug-likeness (QED) is 0.163. The normalized spacial score (nSPS) is 20.0. The lowest BCUT2D eigenvalue weighted by Crippen LogP contribution is -2.61. The van der Waals surface area contributed by atoms with Crippen molar-refractivity contribution in [3.8, 4) is 11.1 Å². The summed E-state index contributed by atoms with van der Waals surface area (Å²) in [6.45, 7) is 34.5. The molecule has 5 aliphatic rings. The molecule has 0 bridgehead atoms. The molecule has 0 N–H and O–H groups in total. The van der Waals surface area contributed by atoms with Crippen LogP contribution in [-0.2, 0) is 32.5 Å². The van der Waals surface area contributed by atoms with E-state index in [9.17, 15) is 0 Å². The van der Waals surface area contributed by atoms with Crippen LogP contribution in [0, 0.1) is 13.8 Å². The fourth-order valence-electron chi connectivity index (χ4n) is 14.9. The van der Waals surface area contributed by atoms with Crippen molar-refractivity contribution in [2.45, 2.75) is 162 Å². The minimum Gasteiger partial charge on any atom is -0.311 e. The molecule has 358 valence electrons. The summed E-state index contributed by atoms with van der Waals surface area (Å²) in [5, 5.41) is 2.80. The molecule has 13 rings (SSSR count). The van der Waals surface area contributed by atoms with Gasteiger partial charge in [-0.1, -0.05) is 150 Å².